The highest BCUT2D eigenvalue weighted by Gasteiger charge is 2.34. The number of hydrogen-bond acceptors (Lipinski definition) is 5. The number of hydrogen-bond donors (Lipinski definition) is 0. The Bertz CT molecular complexity index is 741. The van der Waals surface area contributed by atoms with Crippen molar-refractivity contribution in [3.05, 3.63) is 58.0 Å². The van der Waals surface area contributed by atoms with Crippen molar-refractivity contribution in [2.45, 2.75) is 19.4 Å². The van der Waals surface area contributed by atoms with Gasteiger partial charge in [-0.2, -0.15) is 0 Å². The molecule has 0 saturated carbocycles. The maximum atomic E-state index is 13.0. The molecule has 1 aromatic heterocycles. The first-order valence-corrected chi connectivity index (χ1v) is 9.03. The molecule has 7 heteroatoms. The molecule has 0 bridgehead atoms. The van der Waals surface area contributed by atoms with Crippen molar-refractivity contribution in [3.8, 4) is 0 Å². The van der Waals surface area contributed by atoms with Crippen LogP contribution in [-0.2, 0) is 20.7 Å². The van der Waals surface area contributed by atoms with E-state index in [1.807, 2.05) is 19.1 Å². The van der Waals surface area contributed by atoms with E-state index in [2.05, 4.69) is 15.9 Å². The second-order valence-electron chi connectivity index (χ2n) is 5.59. The molecule has 0 N–H and O–H groups in total. The average Bonchev–Trinajstić information content (AvgIpc) is 3.14. The molecular formula is C19H22BrNO5. The molecule has 0 fully saturated rings. The van der Waals surface area contributed by atoms with E-state index in [1.54, 1.807) is 24.3 Å². The van der Waals surface area contributed by atoms with Crippen molar-refractivity contribution < 1.29 is 23.5 Å². The molecule has 1 atom stereocenters. The number of halogens is 1. The van der Waals surface area contributed by atoms with Crippen molar-refractivity contribution >= 4 is 27.8 Å². The molecule has 0 unspecified atom stereocenters. The lowest BCUT2D eigenvalue weighted by Crippen LogP contribution is -2.41. The smallest absolute Gasteiger partial charge is 0.333 e. The Morgan fingerprint density at radius 1 is 1.15 bits per heavy atom. The Morgan fingerprint density at radius 2 is 1.85 bits per heavy atom. The quantitative estimate of drug-likeness (QED) is 0.606. The van der Waals surface area contributed by atoms with Crippen LogP contribution in [0.3, 0.4) is 0 Å². The van der Waals surface area contributed by atoms with Crippen LogP contribution in [0.1, 0.15) is 34.8 Å². The molecule has 26 heavy (non-hydrogen) atoms. The molecule has 0 aliphatic heterocycles. The fourth-order valence-corrected chi connectivity index (χ4v) is 2.83. The molecule has 6 nitrogen and oxygen atoms in total. The first-order chi connectivity index (χ1) is 12.5. The lowest BCUT2D eigenvalue weighted by molar-refractivity contribution is -0.146. The van der Waals surface area contributed by atoms with Crippen LogP contribution < -0.4 is 0 Å². The van der Waals surface area contributed by atoms with Gasteiger partial charge in [0.2, 0.25) is 0 Å². The predicted molar refractivity (Wildman–Crippen MR) is 99.9 cm³/mol. The zero-order valence-electron chi connectivity index (χ0n) is 15.0. The molecule has 2 rings (SSSR count). The van der Waals surface area contributed by atoms with Gasteiger partial charge in [-0.25, -0.2) is 4.79 Å². The van der Waals surface area contributed by atoms with Gasteiger partial charge in [0.1, 0.15) is 5.76 Å². The van der Waals surface area contributed by atoms with Gasteiger partial charge in [0.25, 0.3) is 5.91 Å². The minimum atomic E-state index is -0.897. The van der Waals surface area contributed by atoms with E-state index in [9.17, 15) is 9.59 Å². The second-order valence-corrected chi connectivity index (χ2v) is 6.50. The van der Waals surface area contributed by atoms with Crippen molar-refractivity contribution in [3.63, 3.8) is 0 Å². The van der Waals surface area contributed by atoms with E-state index in [0.29, 0.717) is 17.7 Å². The van der Waals surface area contributed by atoms with Crippen molar-refractivity contribution in [1.29, 1.82) is 0 Å². The van der Waals surface area contributed by atoms with E-state index in [1.165, 1.54) is 19.1 Å². The van der Waals surface area contributed by atoms with Gasteiger partial charge in [-0.1, -0.05) is 35.0 Å². The first-order valence-electron chi connectivity index (χ1n) is 8.23. The summed E-state index contributed by atoms with van der Waals surface area (Å²) in [6, 6.07) is 9.66. The number of esters is 1. The monoisotopic (exact) mass is 423 g/mol. The van der Waals surface area contributed by atoms with Gasteiger partial charge in [0, 0.05) is 24.5 Å². The minimum Gasteiger partial charge on any atom is -0.467 e. The molecule has 0 spiro atoms. The number of carbonyl (C=O) groups excluding carboxylic acids is 2. The summed E-state index contributed by atoms with van der Waals surface area (Å²) in [6.07, 6.45) is 0.679. The highest BCUT2D eigenvalue weighted by molar-refractivity contribution is 9.10. The number of aryl methyl sites for hydroxylation is 1. The van der Waals surface area contributed by atoms with E-state index >= 15 is 0 Å². The van der Waals surface area contributed by atoms with Crippen molar-refractivity contribution in [2.24, 2.45) is 0 Å². The van der Waals surface area contributed by atoms with E-state index in [-0.39, 0.29) is 24.8 Å². The topological polar surface area (TPSA) is 69.0 Å². The maximum Gasteiger partial charge on any atom is 0.333 e. The third-order valence-corrected chi connectivity index (χ3v) is 4.47. The first kappa shape index (κ1) is 20.2. The lowest BCUT2D eigenvalue weighted by atomic mass is 10.0. The summed E-state index contributed by atoms with van der Waals surface area (Å²) < 4.78 is 16.5. The summed E-state index contributed by atoms with van der Waals surface area (Å²) in [4.78, 5) is 27.0. The van der Waals surface area contributed by atoms with Gasteiger partial charge in [-0.05, 0) is 29.8 Å². The van der Waals surface area contributed by atoms with Crippen LogP contribution in [0.2, 0.25) is 0 Å². The van der Waals surface area contributed by atoms with Gasteiger partial charge in [-0.15, -0.1) is 0 Å². The third-order valence-electron chi connectivity index (χ3n) is 3.94. The Balaban J connectivity index is 2.42. The molecule has 0 saturated heterocycles. The summed E-state index contributed by atoms with van der Waals surface area (Å²) >= 11 is 3.37. The van der Waals surface area contributed by atoms with Gasteiger partial charge in [0.15, 0.2) is 11.8 Å². The number of rotatable bonds is 8. The predicted octanol–water partition coefficient (Wildman–Crippen LogP) is 3.61. The summed E-state index contributed by atoms with van der Waals surface area (Å²) in [5.74, 6) is -0.0265. The van der Waals surface area contributed by atoms with Crippen LogP contribution in [0.25, 0.3) is 0 Å². The molecule has 1 aromatic carbocycles. The van der Waals surface area contributed by atoms with E-state index < -0.39 is 12.0 Å². The van der Waals surface area contributed by atoms with E-state index in [4.69, 9.17) is 13.9 Å². The average molecular weight is 424 g/mol. The Hall–Kier alpha value is -2.12. The third kappa shape index (κ3) is 4.74. The summed E-state index contributed by atoms with van der Waals surface area (Å²) in [6.45, 7) is 2.43. The zero-order valence-corrected chi connectivity index (χ0v) is 16.6. The van der Waals surface area contributed by atoms with Gasteiger partial charge < -0.3 is 18.8 Å². The maximum absolute atomic E-state index is 13.0. The van der Waals surface area contributed by atoms with Gasteiger partial charge >= 0.3 is 5.97 Å². The molecule has 2 aromatic rings. The Labute approximate surface area is 161 Å². The highest BCUT2D eigenvalue weighted by Crippen LogP contribution is 2.26. The molecule has 1 amide bonds. The molecule has 0 radical (unpaired) electrons. The SMILES string of the molecule is CCc1ccc(C(=O)N(CCOC)[C@H](C(=O)OC)c2ccc(Br)cc2)o1. The number of furan rings is 1. The Morgan fingerprint density at radius 3 is 2.38 bits per heavy atom. The molecule has 0 aliphatic rings. The number of amides is 1. The van der Waals surface area contributed by atoms with Gasteiger partial charge in [0.05, 0.1) is 13.7 Å². The highest BCUT2D eigenvalue weighted by atomic mass is 79.9. The Kier molecular flexibility index (Phi) is 7.41. The van der Waals surface area contributed by atoms with Crippen molar-refractivity contribution in [2.75, 3.05) is 27.4 Å². The van der Waals surface area contributed by atoms with Crippen LogP contribution >= 0.6 is 15.9 Å². The molecular weight excluding hydrogens is 402 g/mol. The minimum absolute atomic E-state index is 0.184. The van der Waals surface area contributed by atoms with Gasteiger partial charge in [-0.3, -0.25) is 4.79 Å². The number of methoxy groups -OCH3 is 2. The molecule has 1 heterocycles. The largest absolute Gasteiger partial charge is 0.467 e. The van der Waals surface area contributed by atoms with E-state index in [0.717, 1.165) is 4.47 Å². The number of carbonyl (C=O) groups is 2. The summed E-state index contributed by atoms with van der Waals surface area (Å²) in [5.41, 5.74) is 0.645. The fourth-order valence-electron chi connectivity index (χ4n) is 2.56. The fraction of sp³-hybridized carbons (Fsp3) is 0.368. The zero-order chi connectivity index (χ0) is 19.1. The summed E-state index contributed by atoms with van der Waals surface area (Å²) in [7, 11) is 2.84. The number of benzene rings is 1. The van der Waals surface area contributed by atoms with Crippen LogP contribution in [0, 0.1) is 0 Å². The van der Waals surface area contributed by atoms with Crippen LogP contribution in [-0.4, -0.2) is 44.1 Å². The van der Waals surface area contributed by atoms with Crippen LogP contribution in [0.5, 0.6) is 0 Å². The van der Waals surface area contributed by atoms with Crippen LogP contribution in [0.4, 0.5) is 0 Å². The number of ether oxygens (including phenoxy) is 2. The molecule has 140 valence electrons. The van der Waals surface area contributed by atoms with Crippen LogP contribution in [0.15, 0.2) is 45.3 Å². The lowest BCUT2D eigenvalue weighted by Gasteiger charge is -2.29. The summed E-state index contributed by atoms with van der Waals surface area (Å²) in [5, 5.41) is 0. The molecule has 0 aliphatic carbocycles. The normalized spacial score (nSPS) is 11.8. The van der Waals surface area contributed by atoms with Crippen molar-refractivity contribution in [1.82, 2.24) is 4.90 Å². The standard InChI is InChI=1S/C19H22BrNO5/c1-4-15-9-10-16(26-15)18(22)21(11-12-24-2)17(19(23)25-3)13-5-7-14(20)8-6-13/h5-10,17H,4,11-12H2,1-3H3/t17-/m0/s1. The number of nitrogens with zero attached hydrogens (tertiary/aromatic N) is 1. The second kappa shape index (κ2) is 9.54.